The Hall–Kier alpha value is -2.56. The van der Waals surface area contributed by atoms with Crippen molar-refractivity contribution in [2.24, 2.45) is 5.92 Å². The minimum Gasteiger partial charge on any atom is -0.491 e. The van der Waals surface area contributed by atoms with E-state index in [1.807, 2.05) is 42.5 Å². The molecule has 0 unspecified atom stereocenters. The summed E-state index contributed by atoms with van der Waals surface area (Å²) < 4.78 is 5.72. The smallest absolute Gasteiger partial charge is 0.319 e. The second kappa shape index (κ2) is 8.78. The van der Waals surface area contributed by atoms with Crippen LogP contribution in [0.25, 0.3) is 0 Å². The fourth-order valence-corrected chi connectivity index (χ4v) is 1.97. The average molecular weight is 313 g/mol. The predicted octanol–water partition coefficient (Wildman–Crippen LogP) is 3.48. The molecule has 0 aliphatic rings. The summed E-state index contributed by atoms with van der Waals surface area (Å²) in [6, 6.07) is 12.9. The molecule has 0 fully saturated rings. The molecule has 2 amide bonds. The van der Waals surface area contributed by atoms with Crippen LogP contribution in [0, 0.1) is 5.92 Å². The Balaban J connectivity index is 1.83. The third-order valence-corrected chi connectivity index (χ3v) is 3.10. The molecular weight excluding hydrogens is 290 g/mol. The van der Waals surface area contributed by atoms with Crippen LogP contribution in [0.5, 0.6) is 5.75 Å². The number of carbonyl (C=O) groups is 1. The molecule has 1 aromatic carbocycles. The van der Waals surface area contributed by atoms with E-state index in [-0.39, 0.29) is 6.03 Å². The number of rotatable bonds is 7. The van der Waals surface area contributed by atoms with Crippen molar-refractivity contribution >= 4 is 11.7 Å². The lowest BCUT2D eigenvalue weighted by atomic mass is 10.2. The molecule has 0 radical (unpaired) electrons. The molecule has 2 aromatic rings. The maximum absolute atomic E-state index is 12.0. The summed E-state index contributed by atoms with van der Waals surface area (Å²) in [5.41, 5.74) is 1.62. The van der Waals surface area contributed by atoms with Crippen LogP contribution in [-0.2, 0) is 6.42 Å². The number of para-hydroxylation sites is 2. The Labute approximate surface area is 137 Å². The van der Waals surface area contributed by atoms with Gasteiger partial charge in [0, 0.05) is 24.9 Å². The number of pyridine rings is 1. The van der Waals surface area contributed by atoms with Crippen LogP contribution in [0.4, 0.5) is 10.5 Å². The summed E-state index contributed by atoms with van der Waals surface area (Å²) >= 11 is 0. The van der Waals surface area contributed by atoms with Crippen molar-refractivity contribution in [3.8, 4) is 5.75 Å². The number of nitrogens with zero attached hydrogens (tertiary/aromatic N) is 1. The normalized spacial score (nSPS) is 10.4. The molecule has 1 heterocycles. The summed E-state index contributed by atoms with van der Waals surface area (Å²) in [6.07, 6.45) is 2.44. The van der Waals surface area contributed by atoms with Crippen LogP contribution in [0.2, 0.25) is 0 Å². The van der Waals surface area contributed by atoms with Gasteiger partial charge in [-0.2, -0.15) is 0 Å². The first-order valence-electron chi connectivity index (χ1n) is 7.81. The van der Waals surface area contributed by atoms with Crippen LogP contribution in [-0.4, -0.2) is 24.2 Å². The Morgan fingerprint density at radius 1 is 1.17 bits per heavy atom. The number of carbonyl (C=O) groups excluding carboxylic acids is 1. The fraction of sp³-hybridized carbons (Fsp3) is 0.333. The summed E-state index contributed by atoms with van der Waals surface area (Å²) in [6.45, 7) is 5.30. The van der Waals surface area contributed by atoms with E-state index < -0.39 is 0 Å². The quantitative estimate of drug-likeness (QED) is 0.822. The van der Waals surface area contributed by atoms with E-state index in [2.05, 4.69) is 29.5 Å². The monoisotopic (exact) mass is 313 g/mol. The van der Waals surface area contributed by atoms with Crippen LogP contribution in [0.1, 0.15) is 19.5 Å². The van der Waals surface area contributed by atoms with Crippen molar-refractivity contribution in [2.45, 2.75) is 20.3 Å². The van der Waals surface area contributed by atoms with Gasteiger partial charge < -0.3 is 15.4 Å². The number of amides is 2. The van der Waals surface area contributed by atoms with E-state index in [0.29, 0.717) is 36.9 Å². The van der Waals surface area contributed by atoms with Gasteiger partial charge in [-0.3, -0.25) is 4.98 Å². The molecule has 5 heteroatoms. The maximum atomic E-state index is 12.0. The maximum Gasteiger partial charge on any atom is 0.319 e. The summed E-state index contributed by atoms with van der Waals surface area (Å²) in [5.74, 6) is 1.11. The standard InChI is InChI=1S/C18H23N3O2/c1-14(2)13-23-17-9-4-3-8-16(17)21-18(22)20-12-10-15-7-5-6-11-19-15/h3-9,11,14H,10,12-13H2,1-2H3,(H2,20,21,22). The molecule has 0 aliphatic heterocycles. The number of hydrogen-bond donors (Lipinski definition) is 2. The molecule has 23 heavy (non-hydrogen) atoms. The first-order chi connectivity index (χ1) is 11.1. The zero-order valence-electron chi connectivity index (χ0n) is 13.6. The fourth-order valence-electron chi connectivity index (χ4n) is 1.97. The molecule has 2 rings (SSSR count). The third-order valence-electron chi connectivity index (χ3n) is 3.10. The number of hydrogen-bond acceptors (Lipinski definition) is 3. The van der Waals surface area contributed by atoms with E-state index in [9.17, 15) is 4.79 Å². The summed E-state index contributed by atoms with van der Waals surface area (Å²) in [7, 11) is 0. The lowest BCUT2D eigenvalue weighted by molar-refractivity contribution is 0.251. The van der Waals surface area contributed by atoms with Crippen LogP contribution in [0.15, 0.2) is 48.7 Å². The highest BCUT2D eigenvalue weighted by Crippen LogP contribution is 2.24. The third kappa shape index (κ3) is 5.98. The van der Waals surface area contributed by atoms with Gasteiger partial charge >= 0.3 is 6.03 Å². The Morgan fingerprint density at radius 3 is 2.70 bits per heavy atom. The largest absolute Gasteiger partial charge is 0.491 e. The molecule has 0 aliphatic carbocycles. The number of benzene rings is 1. The molecular formula is C18H23N3O2. The molecule has 0 saturated heterocycles. The van der Waals surface area contributed by atoms with E-state index >= 15 is 0 Å². The van der Waals surface area contributed by atoms with Crippen molar-refractivity contribution in [2.75, 3.05) is 18.5 Å². The van der Waals surface area contributed by atoms with Gasteiger partial charge in [0.05, 0.1) is 12.3 Å². The Morgan fingerprint density at radius 2 is 1.96 bits per heavy atom. The summed E-state index contributed by atoms with van der Waals surface area (Å²) in [4.78, 5) is 16.2. The lowest BCUT2D eigenvalue weighted by Crippen LogP contribution is -2.30. The first-order valence-corrected chi connectivity index (χ1v) is 7.81. The van der Waals surface area contributed by atoms with Gasteiger partial charge in [0.2, 0.25) is 0 Å². The minimum atomic E-state index is -0.249. The topological polar surface area (TPSA) is 63.2 Å². The molecule has 0 atom stereocenters. The summed E-state index contributed by atoms with van der Waals surface area (Å²) in [5, 5.41) is 5.65. The van der Waals surface area contributed by atoms with E-state index in [4.69, 9.17) is 4.74 Å². The highest BCUT2D eigenvalue weighted by molar-refractivity contribution is 5.90. The molecule has 122 valence electrons. The van der Waals surface area contributed by atoms with Crippen LogP contribution in [0.3, 0.4) is 0 Å². The number of anilines is 1. The average Bonchev–Trinajstić information content (AvgIpc) is 2.55. The van der Waals surface area contributed by atoms with Gasteiger partial charge in [0.25, 0.3) is 0 Å². The molecule has 1 aromatic heterocycles. The molecule has 5 nitrogen and oxygen atoms in total. The highest BCUT2D eigenvalue weighted by Gasteiger charge is 2.07. The zero-order valence-corrected chi connectivity index (χ0v) is 13.6. The molecule has 0 spiro atoms. The van der Waals surface area contributed by atoms with Crippen molar-refractivity contribution in [1.29, 1.82) is 0 Å². The SMILES string of the molecule is CC(C)COc1ccccc1NC(=O)NCCc1ccccn1. The van der Waals surface area contributed by atoms with Crippen molar-refractivity contribution in [3.05, 3.63) is 54.4 Å². The first kappa shape index (κ1) is 16.8. The second-order valence-electron chi connectivity index (χ2n) is 5.65. The van der Waals surface area contributed by atoms with Crippen molar-refractivity contribution < 1.29 is 9.53 Å². The molecule has 2 N–H and O–H groups in total. The van der Waals surface area contributed by atoms with Gasteiger partial charge in [-0.1, -0.05) is 32.0 Å². The number of aromatic nitrogens is 1. The number of ether oxygens (including phenoxy) is 1. The zero-order chi connectivity index (χ0) is 16.5. The van der Waals surface area contributed by atoms with E-state index in [0.717, 1.165) is 5.69 Å². The van der Waals surface area contributed by atoms with E-state index in [1.165, 1.54) is 0 Å². The van der Waals surface area contributed by atoms with Gasteiger partial charge in [-0.15, -0.1) is 0 Å². The molecule has 0 bridgehead atoms. The Kier molecular flexibility index (Phi) is 6.41. The van der Waals surface area contributed by atoms with Crippen molar-refractivity contribution in [3.63, 3.8) is 0 Å². The lowest BCUT2D eigenvalue weighted by Gasteiger charge is -2.14. The predicted molar refractivity (Wildman–Crippen MR) is 91.7 cm³/mol. The van der Waals surface area contributed by atoms with Gasteiger partial charge in [-0.25, -0.2) is 4.79 Å². The van der Waals surface area contributed by atoms with Crippen LogP contribution < -0.4 is 15.4 Å². The highest BCUT2D eigenvalue weighted by atomic mass is 16.5. The number of urea groups is 1. The van der Waals surface area contributed by atoms with Crippen molar-refractivity contribution in [1.82, 2.24) is 10.3 Å². The second-order valence-corrected chi connectivity index (χ2v) is 5.65. The van der Waals surface area contributed by atoms with Gasteiger partial charge in [0.1, 0.15) is 5.75 Å². The molecule has 0 saturated carbocycles. The van der Waals surface area contributed by atoms with Gasteiger partial charge in [-0.05, 0) is 30.2 Å². The Bertz CT molecular complexity index is 615. The number of nitrogens with one attached hydrogen (secondary N) is 2. The minimum absolute atomic E-state index is 0.249. The van der Waals surface area contributed by atoms with E-state index in [1.54, 1.807) is 6.20 Å². The van der Waals surface area contributed by atoms with Gasteiger partial charge in [0.15, 0.2) is 0 Å². The van der Waals surface area contributed by atoms with Crippen LogP contribution >= 0.6 is 0 Å².